The number of benzene rings is 1. The number of amides is 1. The summed E-state index contributed by atoms with van der Waals surface area (Å²) < 4.78 is 20.0. The minimum absolute atomic E-state index is 0.0782. The Kier molecular flexibility index (Phi) is 5.55. The third-order valence-corrected chi connectivity index (χ3v) is 5.89. The normalized spacial score (nSPS) is 18.2. The van der Waals surface area contributed by atoms with Crippen LogP contribution in [-0.2, 0) is 11.2 Å². The number of aliphatic hydroxyl groups is 1. The first-order valence-corrected chi connectivity index (χ1v) is 10.1. The molecule has 9 heteroatoms. The summed E-state index contributed by atoms with van der Waals surface area (Å²) in [5, 5.41) is 14.4. The lowest BCUT2D eigenvalue weighted by molar-refractivity contribution is -0.116. The summed E-state index contributed by atoms with van der Waals surface area (Å²) in [4.78, 5) is 17.5. The van der Waals surface area contributed by atoms with E-state index in [4.69, 9.17) is 27.9 Å². The molecule has 0 atom stereocenters. The molecule has 29 heavy (non-hydrogen) atoms. The second kappa shape index (κ2) is 7.97. The zero-order valence-electron chi connectivity index (χ0n) is 15.6. The first-order valence-electron chi connectivity index (χ1n) is 9.37. The number of fused-ring (bicyclic) bond motifs is 1. The molecule has 0 aliphatic carbocycles. The highest BCUT2D eigenvalue weighted by atomic mass is 35.5. The lowest BCUT2D eigenvalue weighted by Gasteiger charge is -2.38. The number of anilines is 2. The Balaban J connectivity index is 1.41. The molecule has 3 heterocycles. The van der Waals surface area contributed by atoms with Gasteiger partial charge in [0.15, 0.2) is 11.6 Å². The molecule has 154 valence electrons. The van der Waals surface area contributed by atoms with E-state index in [0.29, 0.717) is 55.2 Å². The number of pyridine rings is 1. The van der Waals surface area contributed by atoms with Gasteiger partial charge in [0.2, 0.25) is 5.91 Å². The summed E-state index contributed by atoms with van der Waals surface area (Å²) in [5.41, 5.74) is 0.376. The van der Waals surface area contributed by atoms with Gasteiger partial charge in [-0.3, -0.25) is 4.79 Å². The molecule has 2 aliphatic heterocycles. The predicted molar refractivity (Wildman–Crippen MR) is 109 cm³/mol. The Hall–Kier alpha value is -2.09. The molecule has 1 aromatic carbocycles. The maximum atomic E-state index is 14.1. The predicted octanol–water partition coefficient (Wildman–Crippen LogP) is 3.82. The monoisotopic (exact) mass is 439 g/mol. The number of piperidine rings is 1. The zero-order valence-corrected chi connectivity index (χ0v) is 17.1. The number of nitrogens with zero attached hydrogens (tertiary/aromatic N) is 2. The van der Waals surface area contributed by atoms with Crippen molar-refractivity contribution in [1.29, 1.82) is 0 Å². The Labute approximate surface area is 177 Å². The minimum atomic E-state index is -1.04. The highest BCUT2D eigenvalue weighted by Gasteiger charge is 2.35. The summed E-state index contributed by atoms with van der Waals surface area (Å²) in [6, 6.07) is 4.66. The highest BCUT2D eigenvalue weighted by molar-refractivity contribution is 6.34. The van der Waals surface area contributed by atoms with Crippen molar-refractivity contribution in [3.63, 3.8) is 0 Å². The lowest BCUT2D eigenvalue weighted by Crippen LogP contribution is -2.48. The first-order chi connectivity index (χ1) is 13.8. The molecule has 2 aliphatic rings. The number of carbonyl (C=O) groups excluding carboxylic acids is 1. The Morgan fingerprint density at radius 1 is 1.28 bits per heavy atom. The molecule has 0 saturated carbocycles. The zero-order chi connectivity index (χ0) is 20.6. The van der Waals surface area contributed by atoms with Crippen molar-refractivity contribution in [1.82, 2.24) is 4.98 Å². The molecule has 1 amide bonds. The van der Waals surface area contributed by atoms with Gasteiger partial charge in [-0.25, -0.2) is 9.37 Å². The van der Waals surface area contributed by atoms with Gasteiger partial charge in [0.05, 0.1) is 15.7 Å². The van der Waals surface area contributed by atoms with Crippen molar-refractivity contribution in [2.24, 2.45) is 0 Å². The van der Waals surface area contributed by atoms with Crippen LogP contribution in [0.25, 0.3) is 0 Å². The quantitative estimate of drug-likeness (QED) is 0.756. The number of ether oxygens (including phenoxy) is 1. The average Bonchev–Trinajstić information content (AvgIpc) is 2.69. The van der Waals surface area contributed by atoms with Crippen molar-refractivity contribution < 1.29 is 19.0 Å². The molecule has 4 rings (SSSR count). The van der Waals surface area contributed by atoms with E-state index >= 15 is 0 Å². The SMILES string of the molecule is O=C1CCc2c(OCC3(O)CCN(c4ncc(Cl)cc4F)CC3)ccc(Cl)c2N1. The molecule has 0 bridgehead atoms. The standard InChI is InChI=1S/C20H20Cl2FN3O3/c21-12-9-15(23)19(24-10-12)26-7-5-20(28,6-8-26)11-29-16-3-2-14(22)18-13(16)1-4-17(27)25-18/h2-3,9-10,28H,1,4-8,11H2,(H,25,27). The molecule has 2 N–H and O–H groups in total. The van der Waals surface area contributed by atoms with E-state index in [-0.39, 0.29) is 23.4 Å². The van der Waals surface area contributed by atoms with Gasteiger partial charge in [-0.2, -0.15) is 0 Å². The Morgan fingerprint density at radius 2 is 2.03 bits per heavy atom. The fraction of sp³-hybridized carbons (Fsp3) is 0.400. The van der Waals surface area contributed by atoms with Crippen LogP contribution in [0.15, 0.2) is 24.4 Å². The van der Waals surface area contributed by atoms with Crippen LogP contribution in [0, 0.1) is 5.82 Å². The van der Waals surface area contributed by atoms with Crippen molar-refractivity contribution in [2.75, 3.05) is 29.9 Å². The molecule has 1 aromatic heterocycles. The molecule has 0 radical (unpaired) electrons. The second-order valence-electron chi connectivity index (χ2n) is 7.41. The Bertz CT molecular complexity index is 949. The molecule has 1 fully saturated rings. The van der Waals surface area contributed by atoms with E-state index in [1.54, 1.807) is 17.0 Å². The van der Waals surface area contributed by atoms with Gasteiger partial charge < -0.3 is 20.1 Å². The van der Waals surface area contributed by atoms with E-state index in [1.165, 1.54) is 12.3 Å². The van der Waals surface area contributed by atoms with Crippen LogP contribution in [0.3, 0.4) is 0 Å². The molecular formula is C20H20Cl2FN3O3. The van der Waals surface area contributed by atoms with Gasteiger partial charge in [-0.05, 0) is 37.5 Å². The number of hydrogen-bond donors (Lipinski definition) is 2. The van der Waals surface area contributed by atoms with E-state index in [0.717, 1.165) is 5.56 Å². The maximum Gasteiger partial charge on any atom is 0.224 e. The van der Waals surface area contributed by atoms with Gasteiger partial charge in [-0.1, -0.05) is 23.2 Å². The van der Waals surface area contributed by atoms with Gasteiger partial charge in [0.25, 0.3) is 0 Å². The number of halogens is 3. The van der Waals surface area contributed by atoms with Crippen molar-refractivity contribution in [3.05, 3.63) is 45.8 Å². The van der Waals surface area contributed by atoms with E-state index in [1.807, 2.05) is 0 Å². The van der Waals surface area contributed by atoms with Crippen molar-refractivity contribution >= 4 is 40.6 Å². The molecule has 0 spiro atoms. The van der Waals surface area contributed by atoms with Crippen LogP contribution < -0.4 is 15.0 Å². The summed E-state index contributed by atoms with van der Waals surface area (Å²) in [7, 11) is 0. The molecule has 6 nitrogen and oxygen atoms in total. The van der Waals surface area contributed by atoms with Crippen molar-refractivity contribution in [3.8, 4) is 5.75 Å². The minimum Gasteiger partial charge on any atom is -0.490 e. The summed E-state index contributed by atoms with van der Waals surface area (Å²) in [6.07, 6.45) is 3.12. The number of rotatable bonds is 4. The van der Waals surface area contributed by atoms with Gasteiger partial charge in [0, 0.05) is 31.3 Å². The van der Waals surface area contributed by atoms with Crippen LogP contribution in [0.2, 0.25) is 10.0 Å². The fourth-order valence-corrected chi connectivity index (χ4v) is 4.06. The number of aromatic nitrogens is 1. The van der Waals surface area contributed by atoms with Gasteiger partial charge in [0.1, 0.15) is 18.0 Å². The highest BCUT2D eigenvalue weighted by Crippen LogP contribution is 2.38. The second-order valence-corrected chi connectivity index (χ2v) is 8.25. The molecule has 0 unspecified atom stereocenters. The van der Waals surface area contributed by atoms with Crippen LogP contribution in [-0.4, -0.2) is 41.3 Å². The average molecular weight is 440 g/mol. The van der Waals surface area contributed by atoms with Crippen LogP contribution in [0.1, 0.15) is 24.8 Å². The number of hydrogen-bond acceptors (Lipinski definition) is 5. The first kappa shape index (κ1) is 20.2. The molecular weight excluding hydrogens is 420 g/mol. The number of nitrogens with one attached hydrogen (secondary N) is 1. The molecule has 2 aromatic rings. The van der Waals surface area contributed by atoms with E-state index in [9.17, 15) is 14.3 Å². The number of carbonyl (C=O) groups is 1. The van der Waals surface area contributed by atoms with Crippen LogP contribution in [0.4, 0.5) is 15.9 Å². The fourth-order valence-electron chi connectivity index (χ4n) is 3.69. The maximum absolute atomic E-state index is 14.1. The summed E-state index contributed by atoms with van der Waals surface area (Å²) >= 11 is 11.9. The summed E-state index contributed by atoms with van der Waals surface area (Å²) in [6.45, 7) is 0.986. The van der Waals surface area contributed by atoms with E-state index < -0.39 is 11.4 Å². The van der Waals surface area contributed by atoms with Gasteiger partial charge >= 0.3 is 0 Å². The lowest BCUT2D eigenvalue weighted by atomic mass is 9.92. The van der Waals surface area contributed by atoms with E-state index in [2.05, 4.69) is 10.3 Å². The van der Waals surface area contributed by atoms with Crippen LogP contribution in [0.5, 0.6) is 5.75 Å². The summed E-state index contributed by atoms with van der Waals surface area (Å²) in [5.74, 6) is 0.283. The molecule has 1 saturated heterocycles. The van der Waals surface area contributed by atoms with Crippen molar-refractivity contribution in [2.45, 2.75) is 31.3 Å². The smallest absolute Gasteiger partial charge is 0.224 e. The van der Waals surface area contributed by atoms with Gasteiger partial charge in [-0.15, -0.1) is 0 Å². The third kappa shape index (κ3) is 4.27. The largest absolute Gasteiger partial charge is 0.490 e. The van der Waals surface area contributed by atoms with Crippen LogP contribution >= 0.6 is 23.2 Å². The Morgan fingerprint density at radius 3 is 2.76 bits per heavy atom. The topological polar surface area (TPSA) is 74.7 Å². The third-order valence-electron chi connectivity index (χ3n) is 5.36.